The molecule has 0 amide bonds. The van der Waals surface area contributed by atoms with Crippen LogP contribution in [0, 0.1) is 0 Å². The van der Waals surface area contributed by atoms with E-state index in [0.717, 1.165) is 0 Å². The van der Waals surface area contributed by atoms with Gasteiger partial charge in [-0.25, -0.2) is 0 Å². The highest BCUT2D eigenvalue weighted by Crippen LogP contribution is 2.22. The average molecular weight is 230 g/mol. The van der Waals surface area contributed by atoms with E-state index in [0.29, 0.717) is 12.2 Å². The number of ether oxygens (including phenoxy) is 1. The average Bonchev–Trinajstić information content (AvgIpc) is 2.08. The van der Waals surface area contributed by atoms with Gasteiger partial charge in [0.05, 0.1) is 12.9 Å². The van der Waals surface area contributed by atoms with Crippen molar-refractivity contribution in [3.63, 3.8) is 0 Å². The molecule has 0 aliphatic carbocycles. The Morgan fingerprint density at radius 3 is 2.50 bits per heavy atom. The molecule has 0 radical (unpaired) electrons. The fourth-order valence-electron chi connectivity index (χ4n) is 0.744. The molecule has 0 bridgehead atoms. The minimum atomic E-state index is -4.06. The lowest BCUT2D eigenvalue weighted by molar-refractivity contribution is -0.137. The predicted molar refractivity (Wildman–Crippen MR) is 49.2 cm³/mol. The molecule has 0 aromatic carbocycles. The van der Waals surface area contributed by atoms with Crippen molar-refractivity contribution in [3.05, 3.63) is 0 Å². The Morgan fingerprint density at radius 1 is 1.36 bits per heavy atom. The molecule has 0 saturated carbocycles. The van der Waals surface area contributed by atoms with Crippen molar-refractivity contribution in [2.45, 2.75) is 25.4 Å². The highest BCUT2D eigenvalue weighted by molar-refractivity contribution is 7.99. The second kappa shape index (κ2) is 6.98. The Labute approximate surface area is 85.2 Å². The summed E-state index contributed by atoms with van der Waals surface area (Å²) in [5.74, 6) is 0.430. The van der Waals surface area contributed by atoms with Gasteiger partial charge in [-0.2, -0.15) is 24.9 Å². The second-order valence-electron chi connectivity index (χ2n) is 2.70. The lowest BCUT2D eigenvalue weighted by Crippen LogP contribution is -2.07. The predicted octanol–water partition coefficient (Wildman–Crippen LogP) is 2.63. The van der Waals surface area contributed by atoms with Crippen LogP contribution in [0.2, 0.25) is 0 Å². The van der Waals surface area contributed by atoms with Gasteiger partial charge in [-0.1, -0.05) is 0 Å². The molecule has 6 heteroatoms. The number of thioether (sulfide) groups is 1. The zero-order valence-electron chi connectivity index (χ0n) is 7.89. The number of alkyl halides is 3. The summed E-state index contributed by atoms with van der Waals surface area (Å²) in [6.45, 7) is 0. The van der Waals surface area contributed by atoms with E-state index in [-0.39, 0.29) is 18.1 Å². The topological polar surface area (TPSA) is 26.3 Å². The van der Waals surface area contributed by atoms with E-state index in [1.807, 2.05) is 0 Å². The number of esters is 1. The summed E-state index contributed by atoms with van der Waals surface area (Å²) in [5, 5.41) is 0. The van der Waals surface area contributed by atoms with Gasteiger partial charge in [-0.15, -0.1) is 0 Å². The standard InChI is InChI=1S/C8H13F3O2S/c1-13-7(12)6-14-5-3-2-4-8(9,10)11/h2-6H2,1H3. The van der Waals surface area contributed by atoms with Gasteiger partial charge in [0.25, 0.3) is 0 Å². The summed E-state index contributed by atoms with van der Waals surface area (Å²) in [6.07, 6.45) is -4.21. The summed E-state index contributed by atoms with van der Waals surface area (Å²) in [5.41, 5.74) is 0. The Kier molecular flexibility index (Phi) is 6.78. The van der Waals surface area contributed by atoms with Crippen LogP contribution in [0.3, 0.4) is 0 Å². The number of hydrogen-bond acceptors (Lipinski definition) is 3. The van der Waals surface area contributed by atoms with Crippen molar-refractivity contribution < 1.29 is 22.7 Å². The van der Waals surface area contributed by atoms with E-state index >= 15 is 0 Å². The fourth-order valence-corrected chi connectivity index (χ4v) is 1.58. The van der Waals surface area contributed by atoms with Gasteiger partial charge >= 0.3 is 12.1 Å². The van der Waals surface area contributed by atoms with E-state index in [1.54, 1.807) is 0 Å². The minimum Gasteiger partial charge on any atom is -0.468 e. The van der Waals surface area contributed by atoms with Crippen LogP contribution in [0.25, 0.3) is 0 Å². The molecule has 0 N–H and O–H groups in total. The SMILES string of the molecule is COC(=O)CSCCCCC(F)(F)F. The number of rotatable bonds is 6. The van der Waals surface area contributed by atoms with Crippen LogP contribution in [-0.4, -0.2) is 30.8 Å². The molecule has 0 aliphatic rings. The van der Waals surface area contributed by atoms with Gasteiger partial charge < -0.3 is 4.74 Å². The number of hydrogen-bond donors (Lipinski definition) is 0. The molecule has 0 fully saturated rings. The lowest BCUT2D eigenvalue weighted by atomic mass is 10.2. The van der Waals surface area contributed by atoms with Crippen LogP contribution in [0.4, 0.5) is 13.2 Å². The molecule has 0 saturated heterocycles. The third-order valence-corrected chi connectivity index (χ3v) is 2.46. The molecule has 2 nitrogen and oxygen atoms in total. The quantitative estimate of drug-likeness (QED) is 0.518. The van der Waals surface area contributed by atoms with Gasteiger partial charge in [0, 0.05) is 6.42 Å². The summed E-state index contributed by atoms with van der Waals surface area (Å²) < 4.78 is 39.4. The molecule has 0 atom stereocenters. The molecule has 0 aromatic heterocycles. The van der Waals surface area contributed by atoms with Crippen LogP contribution < -0.4 is 0 Å². The molecule has 0 unspecified atom stereocenters. The van der Waals surface area contributed by atoms with Crippen molar-refractivity contribution in [2.24, 2.45) is 0 Å². The maximum absolute atomic E-state index is 11.7. The smallest absolute Gasteiger partial charge is 0.389 e. The molecule has 0 spiro atoms. The van der Waals surface area contributed by atoms with Gasteiger partial charge in [0.15, 0.2) is 0 Å². The number of unbranched alkanes of at least 4 members (excludes halogenated alkanes) is 1. The first-order valence-corrected chi connectivity index (χ1v) is 5.32. The monoisotopic (exact) mass is 230 g/mol. The third kappa shape index (κ3) is 9.70. The van der Waals surface area contributed by atoms with Crippen molar-refractivity contribution in [2.75, 3.05) is 18.6 Å². The Morgan fingerprint density at radius 2 is 2.00 bits per heavy atom. The number of halogens is 3. The molecular weight excluding hydrogens is 217 g/mol. The highest BCUT2D eigenvalue weighted by atomic mass is 32.2. The fraction of sp³-hybridized carbons (Fsp3) is 0.875. The summed E-state index contributed by atoms with van der Waals surface area (Å²) in [7, 11) is 1.28. The summed E-state index contributed by atoms with van der Waals surface area (Å²) in [4.78, 5) is 10.6. The normalized spacial score (nSPS) is 11.4. The maximum atomic E-state index is 11.7. The van der Waals surface area contributed by atoms with E-state index < -0.39 is 12.6 Å². The van der Waals surface area contributed by atoms with E-state index in [4.69, 9.17) is 0 Å². The Balaban J connectivity index is 3.18. The van der Waals surface area contributed by atoms with E-state index in [2.05, 4.69) is 4.74 Å². The first-order chi connectivity index (χ1) is 6.45. The third-order valence-electron chi connectivity index (χ3n) is 1.45. The van der Waals surface area contributed by atoms with Crippen molar-refractivity contribution in [3.8, 4) is 0 Å². The van der Waals surface area contributed by atoms with Crippen LogP contribution >= 0.6 is 11.8 Å². The summed E-state index contributed by atoms with van der Waals surface area (Å²) in [6, 6.07) is 0. The largest absolute Gasteiger partial charge is 0.468 e. The summed E-state index contributed by atoms with van der Waals surface area (Å²) >= 11 is 1.29. The Bertz CT molecular complexity index is 170. The molecule has 14 heavy (non-hydrogen) atoms. The number of carbonyl (C=O) groups excluding carboxylic acids is 1. The molecule has 0 heterocycles. The number of carbonyl (C=O) groups is 1. The van der Waals surface area contributed by atoms with Crippen LogP contribution in [0.15, 0.2) is 0 Å². The Hall–Kier alpha value is -0.390. The van der Waals surface area contributed by atoms with Crippen LogP contribution in [-0.2, 0) is 9.53 Å². The zero-order valence-corrected chi connectivity index (χ0v) is 8.71. The molecule has 0 aromatic rings. The second-order valence-corrected chi connectivity index (χ2v) is 3.81. The van der Waals surface area contributed by atoms with Crippen molar-refractivity contribution in [1.82, 2.24) is 0 Å². The zero-order chi connectivity index (χ0) is 11.0. The minimum absolute atomic E-state index is 0.123. The van der Waals surface area contributed by atoms with Crippen molar-refractivity contribution in [1.29, 1.82) is 0 Å². The van der Waals surface area contributed by atoms with Gasteiger partial charge in [-0.3, -0.25) is 4.79 Å². The van der Waals surface area contributed by atoms with Gasteiger partial charge in [0.2, 0.25) is 0 Å². The molecule has 0 aliphatic heterocycles. The molecular formula is C8H13F3O2S. The first-order valence-electron chi connectivity index (χ1n) is 4.17. The van der Waals surface area contributed by atoms with Crippen LogP contribution in [0.5, 0.6) is 0 Å². The van der Waals surface area contributed by atoms with Crippen molar-refractivity contribution >= 4 is 17.7 Å². The lowest BCUT2D eigenvalue weighted by Gasteiger charge is -2.05. The van der Waals surface area contributed by atoms with E-state index in [9.17, 15) is 18.0 Å². The van der Waals surface area contributed by atoms with Crippen LogP contribution in [0.1, 0.15) is 19.3 Å². The maximum Gasteiger partial charge on any atom is 0.389 e. The first kappa shape index (κ1) is 13.6. The van der Waals surface area contributed by atoms with Gasteiger partial charge in [0.1, 0.15) is 0 Å². The highest BCUT2D eigenvalue weighted by Gasteiger charge is 2.25. The number of methoxy groups -OCH3 is 1. The van der Waals surface area contributed by atoms with Gasteiger partial charge in [-0.05, 0) is 18.6 Å². The molecule has 84 valence electrons. The molecule has 0 rings (SSSR count). The van der Waals surface area contributed by atoms with E-state index in [1.165, 1.54) is 18.9 Å².